The van der Waals surface area contributed by atoms with Gasteiger partial charge in [-0.05, 0) is 6.42 Å². The zero-order valence-corrected chi connectivity index (χ0v) is 7.76. The maximum Gasteiger partial charge on any atom is 0.143 e. The lowest BCUT2D eigenvalue weighted by Crippen LogP contribution is -2.22. The number of hydrogen-bond donors (Lipinski definition) is 0. The van der Waals surface area contributed by atoms with Gasteiger partial charge >= 0.3 is 0 Å². The Balaban J connectivity index is 2.37. The van der Waals surface area contributed by atoms with Crippen molar-refractivity contribution in [3.8, 4) is 0 Å². The molecule has 0 N–H and O–H groups in total. The van der Waals surface area contributed by atoms with Crippen LogP contribution in [0.25, 0.3) is 0 Å². The second-order valence-electron chi connectivity index (χ2n) is 2.99. The molecular formula is C8H9FN2OS. The van der Waals surface area contributed by atoms with Crippen LogP contribution in [0.15, 0.2) is 22.8 Å². The molecule has 0 radical (unpaired) electrons. The molecule has 1 fully saturated rings. The molecule has 0 aromatic carbocycles. The second kappa shape index (κ2) is 3.06. The van der Waals surface area contributed by atoms with Crippen LogP contribution in [0.4, 0.5) is 10.1 Å². The molecule has 2 heterocycles. The molecule has 0 bridgehead atoms. The van der Waals surface area contributed by atoms with Crippen molar-refractivity contribution < 1.29 is 8.60 Å². The van der Waals surface area contributed by atoms with Gasteiger partial charge in [-0.3, -0.25) is 4.98 Å². The van der Waals surface area contributed by atoms with Gasteiger partial charge in [-0.2, -0.15) is 4.36 Å². The van der Waals surface area contributed by atoms with E-state index in [1.165, 1.54) is 12.3 Å². The summed E-state index contributed by atoms with van der Waals surface area (Å²) in [5.74, 6) is 0.816. The van der Waals surface area contributed by atoms with E-state index in [1.807, 2.05) is 0 Å². The fourth-order valence-electron chi connectivity index (χ4n) is 1.13. The van der Waals surface area contributed by atoms with Gasteiger partial charge in [-0.15, -0.1) is 0 Å². The normalized spacial score (nSPS) is 19.2. The van der Waals surface area contributed by atoms with Crippen LogP contribution in [0.5, 0.6) is 0 Å². The Bertz CT molecular complexity index is 428. The van der Waals surface area contributed by atoms with Gasteiger partial charge in [0.1, 0.15) is 5.82 Å². The Labute approximate surface area is 76.2 Å². The Morgan fingerprint density at radius 2 is 2.23 bits per heavy atom. The molecule has 2 rings (SSSR count). The van der Waals surface area contributed by atoms with Gasteiger partial charge in [0, 0.05) is 17.6 Å². The fraction of sp³-hybridized carbons (Fsp3) is 0.375. The largest absolute Gasteiger partial charge is 0.259 e. The maximum atomic E-state index is 12.6. The lowest BCUT2D eigenvalue weighted by molar-refractivity contribution is 0.622. The van der Waals surface area contributed by atoms with Crippen molar-refractivity contribution in [3.05, 3.63) is 24.3 Å². The van der Waals surface area contributed by atoms with Crippen LogP contribution in [-0.4, -0.2) is 20.7 Å². The van der Waals surface area contributed by atoms with Gasteiger partial charge in [0.25, 0.3) is 0 Å². The summed E-state index contributed by atoms with van der Waals surface area (Å²) in [5, 5.41) is 0. The lowest BCUT2D eigenvalue weighted by Gasteiger charge is -2.17. The van der Waals surface area contributed by atoms with Gasteiger partial charge in [-0.1, -0.05) is 0 Å². The zero-order chi connectivity index (χ0) is 9.31. The van der Waals surface area contributed by atoms with Gasteiger partial charge in [-0.25, -0.2) is 8.60 Å². The van der Waals surface area contributed by atoms with Crippen LogP contribution < -0.4 is 0 Å². The molecule has 3 nitrogen and oxygen atoms in total. The average molecular weight is 200 g/mol. The zero-order valence-electron chi connectivity index (χ0n) is 6.94. The quantitative estimate of drug-likeness (QED) is 0.692. The first-order valence-corrected chi connectivity index (χ1v) is 5.86. The highest BCUT2D eigenvalue weighted by Crippen LogP contribution is 2.20. The molecule has 0 atom stereocenters. The third-order valence-electron chi connectivity index (χ3n) is 1.89. The monoisotopic (exact) mass is 200 g/mol. The minimum atomic E-state index is -2.04. The van der Waals surface area contributed by atoms with Crippen LogP contribution in [-0.2, 0) is 9.73 Å². The SMILES string of the molecule is O=S1(=Nc2cncc(F)c2)CCC1. The predicted octanol–water partition coefficient (Wildman–Crippen LogP) is 1.72. The first kappa shape index (κ1) is 8.62. The van der Waals surface area contributed by atoms with E-state index in [1.54, 1.807) is 0 Å². The third-order valence-corrected chi connectivity index (χ3v) is 4.29. The summed E-state index contributed by atoms with van der Waals surface area (Å²) in [6.07, 6.45) is 3.48. The number of hydrogen-bond acceptors (Lipinski definition) is 3. The van der Waals surface area contributed by atoms with Crippen molar-refractivity contribution in [3.63, 3.8) is 0 Å². The van der Waals surface area contributed by atoms with E-state index in [0.29, 0.717) is 17.2 Å². The van der Waals surface area contributed by atoms with Crippen LogP contribution in [0.1, 0.15) is 6.42 Å². The molecule has 0 spiro atoms. The third kappa shape index (κ3) is 1.85. The van der Waals surface area contributed by atoms with Gasteiger partial charge < -0.3 is 0 Å². The summed E-state index contributed by atoms with van der Waals surface area (Å²) in [6, 6.07) is 1.25. The Morgan fingerprint density at radius 1 is 1.46 bits per heavy atom. The molecule has 13 heavy (non-hydrogen) atoms. The van der Waals surface area contributed by atoms with Crippen molar-refractivity contribution in [2.24, 2.45) is 4.36 Å². The van der Waals surface area contributed by atoms with Gasteiger partial charge in [0.15, 0.2) is 0 Å². The van der Waals surface area contributed by atoms with E-state index >= 15 is 0 Å². The minimum absolute atomic E-state index is 0.379. The van der Waals surface area contributed by atoms with Crippen LogP contribution in [0.2, 0.25) is 0 Å². The highest BCUT2D eigenvalue weighted by molar-refractivity contribution is 7.95. The van der Waals surface area contributed by atoms with Crippen molar-refractivity contribution in [2.75, 3.05) is 11.5 Å². The maximum absolute atomic E-state index is 12.6. The molecular weight excluding hydrogens is 191 g/mol. The molecule has 1 aliphatic rings. The van der Waals surface area contributed by atoms with E-state index in [2.05, 4.69) is 9.35 Å². The van der Waals surface area contributed by atoms with Crippen molar-refractivity contribution in [1.29, 1.82) is 0 Å². The molecule has 1 aromatic heterocycles. The molecule has 0 unspecified atom stereocenters. The summed E-state index contributed by atoms with van der Waals surface area (Å²) in [5.41, 5.74) is 0.379. The Hall–Kier alpha value is -0.970. The molecule has 1 saturated heterocycles. The van der Waals surface area contributed by atoms with Crippen LogP contribution >= 0.6 is 0 Å². The second-order valence-corrected chi connectivity index (χ2v) is 5.53. The summed E-state index contributed by atoms with van der Waals surface area (Å²) in [7, 11) is -2.04. The van der Waals surface area contributed by atoms with Gasteiger partial charge in [0.05, 0.1) is 27.8 Å². The summed E-state index contributed by atoms with van der Waals surface area (Å²) in [4.78, 5) is 3.63. The molecule has 0 saturated carbocycles. The number of aromatic nitrogens is 1. The van der Waals surface area contributed by atoms with Crippen molar-refractivity contribution in [2.45, 2.75) is 6.42 Å². The Kier molecular flexibility index (Phi) is 2.03. The molecule has 0 aliphatic carbocycles. The summed E-state index contributed by atoms with van der Waals surface area (Å²) >= 11 is 0. The summed E-state index contributed by atoms with van der Waals surface area (Å²) in [6.45, 7) is 0. The Morgan fingerprint density at radius 3 is 2.77 bits per heavy atom. The van der Waals surface area contributed by atoms with E-state index in [9.17, 15) is 8.60 Å². The van der Waals surface area contributed by atoms with E-state index in [-0.39, 0.29) is 0 Å². The number of rotatable bonds is 1. The van der Waals surface area contributed by atoms with Crippen molar-refractivity contribution in [1.82, 2.24) is 4.98 Å². The molecule has 1 aromatic rings. The average Bonchev–Trinajstić information content (AvgIpc) is 2.01. The molecule has 1 aliphatic heterocycles. The van der Waals surface area contributed by atoms with Gasteiger partial charge in [0.2, 0.25) is 0 Å². The first-order valence-electron chi connectivity index (χ1n) is 4.01. The fourth-order valence-corrected chi connectivity index (χ4v) is 2.57. The van der Waals surface area contributed by atoms with Crippen LogP contribution in [0, 0.1) is 5.82 Å². The first-order chi connectivity index (χ1) is 6.18. The summed E-state index contributed by atoms with van der Waals surface area (Å²) < 4.78 is 28.2. The number of nitrogens with zero attached hydrogens (tertiary/aromatic N) is 2. The predicted molar refractivity (Wildman–Crippen MR) is 48.8 cm³/mol. The minimum Gasteiger partial charge on any atom is -0.259 e. The van der Waals surface area contributed by atoms with Crippen molar-refractivity contribution >= 4 is 15.4 Å². The van der Waals surface area contributed by atoms with E-state index in [4.69, 9.17) is 0 Å². The smallest absolute Gasteiger partial charge is 0.143 e. The van der Waals surface area contributed by atoms with E-state index in [0.717, 1.165) is 12.6 Å². The number of pyridine rings is 1. The lowest BCUT2D eigenvalue weighted by atomic mass is 10.4. The number of halogens is 1. The molecule has 70 valence electrons. The highest BCUT2D eigenvalue weighted by Gasteiger charge is 2.19. The topological polar surface area (TPSA) is 42.3 Å². The molecule has 0 amide bonds. The van der Waals surface area contributed by atoms with Crippen LogP contribution in [0.3, 0.4) is 0 Å². The van der Waals surface area contributed by atoms with E-state index < -0.39 is 15.5 Å². The molecule has 5 heteroatoms. The standard InChI is InChI=1S/C8H9FN2OS/c9-7-4-8(6-10-5-7)11-13(12)2-1-3-13/h4-6H,1-3H2. The highest BCUT2D eigenvalue weighted by atomic mass is 32.2.